The number of hydrogen-bond donors (Lipinski definition) is 2. The van der Waals surface area contributed by atoms with E-state index < -0.39 is 0 Å². The molecule has 2 aromatic carbocycles. The van der Waals surface area contributed by atoms with E-state index in [1.807, 2.05) is 11.3 Å². The minimum Gasteiger partial charge on any atom is -0.271 e. The first-order chi connectivity index (χ1) is 10.2. The van der Waals surface area contributed by atoms with Crippen molar-refractivity contribution in [2.24, 2.45) is 5.84 Å². The highest BCUT2D eigenvalue weighted by molar-refractivity contribution is 7.19. The van der Waals surface area contributed by atoms with Crippen LogP contribution in [0.1, 0.15) is 27.6 Å². The van der Waals surface area contributed by atoms with Crippen LogP contribution in [-0.4, -0.2) is 0 Å². The first kappa shape index (κ1) is 14.3. The molecule has 0 saturated heterocycles. The Morgan fingerprint density at radius 3 is 2.57 bits per heavy atom. The molecular formula is C18H20N2S. The lowest BCUT2D eigenvalue weighted by atomic mass is 10.0. The lowest BCUT2D eigenvalue weighted by Gasteiger charge is -2.15. The van der Waals surface area contributed by atoms with Gasteiger partial charge in [-0.3, -0.25) is 11.3 Å². The van der Waals surface area contributed by atoms with Gasteiger partial charge >= 0.3 is 0 Å². The Morgan fingerprint density at radius 1 is 1.05 bits per heavy atom. The first-order valence-electron chi connectivity index (χ1n) is 7.18. The molecule has 0 aliphatic carbocycles. The fourth-order valence-corrected chi connectivity index (χ4v) is 3.71. The molecule has 1 unspecified atom stereocenters. The van der Waals surface area contributed by atoms with E-state index in [1.54, 1.807) is 0 Å². The van der Waals surface area contributed by atoms with Crippen molar-refractivity contribution in [2.45, 2.75) is 26.3 Å². The zero-order valence-electron chi connectivity index (χ0n) is 12.4. The van der Waals surface area contributed by atoms with Crippen molar-refractivity contribution in [1.82, 2.24) is 5.43 Å². The molecule has 1 aromatic heterocycles. The summed E-state index contributed by atoms with van der Waals surface area (Å²) >= 11 is 1.81. The monoisotopic (exact) mass is 296 g/mol. The molecule has 0 radical (unpaired) electrons. The molecule has 3 N–H and O–H groups in total. The van der Waals surface area contributed by atoms with Crippen molar-refractivity contribution in [3.63, 3.8) is 0 Å². The number of aryl methyl sites for hydroxylation is 2. The van der Waals surface area contributed by atoms with Gasteiger partial charge in [0.05, 0.1) is 6.04 Å². The summed E-state index contributed by atoms with van der Waals surface area (Å²) in [5.74, 6) is 5.80. The SMILES string of the molecule is Cc1ccc(CC(NN)c2cc3ccccc3s2)cc1C. The molecule has 1 atom stereocenters. The van der Waals surface area contributed by atoms with Crippen molar-refractivity contribution in [1.29, 1.82) is 0 Å². The molecule has 108 valence electrons. The average Bonchev–Trinajstić information content (AvgIpc) is 2.92. The largest absolute Gasteiger partial charge is 0.271 e. The third kappa shape index (κ3) is 3.00. The predicted molar refractivity (Wildman–Crippen MR) is 91.5 cm³/mol. The second kappa shape index (κ2) is 5.98. The van der Waals surface area contributed by atoms with E-state index in [0.29, 0.717) is 0 Å². The standard InChI is InChI=1S/C18H20N2S/c1-12-7-8-14(9-13(12)2)10-16(20-19)18-11-15-5-3-4-6-17(15)21-18/h3-9,11,16,20H,10,19H2,1-2H3. The van der Waals surface area contributed by atoms with E-state index in [4.69, 9.17) is 5.84 Å². The number of rotatable bonds is 4. The zero-order chi connectivity index (χ0) is 14.8. The van der Waals surface area contributed by atoms with Gasteiger partial charge in [-0.1, -0.05) is 36.4 Å². The average molecular weight is 296 g/mol. The lowest BCUT2D eigenvalue weighted by molar-refractivity contribution is 0.560. The number of benzene rings is 2. The van der Waals surface area contributed by atoms with Gasteiger partial charge in [0, 0.05) is 9.58 Å². The van der Waals surface area contributed by atoms with Gasteiger partial charge in [-0.2, -0.15) is 0 Å². The first-order valence-corrected chi connectivity index (χ1v) is 8.00. The Kier molecular flexibility index (Phi) is 4.06. The highest BCUT2D eigenvalue weighted by Crippen LogP contribution is 2.31. The van der Waals surface area contributed by atoms with Gasteiger partial charge in [0.1, 0.15) is 0 Å². The van der Waals surface area contributed by atoms with Crippen LogP contribution in [0.4, 0.5) is 0 Å². The smallest absolute Gasteiger partial charge is 0.0593 e. The Bertz CT molecular complexity index is 728. The summed E-state index contributed by atoms with van der Waals surface area (Å²) in [6, 6.07) is 17.5. The molecule has 0 fully saturated rings. The summed E-state index contributed by atoms with van der Waals surface area (Å²) in [7, 11) is 0. The third-order valence-electron chi connectivity index (χ3n) is 4.00. The van der Waals surface area contributed by atoms with Crippen LogP contribution in [0.2, 0.25) is 0 Å². The van der Waals surface area contributed by atoms with Gasteiger partial charge in [0.2, 0.25) is 0 Å². The second-order valence-electron chi connectivity index (χ2n) is 5.53. The van der Waals surface area contributed by atoms with E-state index in [0.717, 1.165) is 6.42 Å². The number of nitrogens with two attached hydrogens (primary N) is 1. The van der Waals surface area contributed by atoms with Crippen LogP contribution in [-0.2, 0) is 6.42 Å². The van der Waals surface area contributed by atoms with Crippen LogP contribution < -0.4 is 11.3 Å². The maximum Gasteiger partial charge on any atom is 0.0593 e. The molecule has 0 aliphatic rings. The molecule has 0 aliphatic heterocycles. The van der Waals surface area contributed by atoms with E-state index in [-0.39, 0.29) is 6.04 Å². The van der Waals surface area contributed by atoms with Gasteiger partial charge < -0.3 is 0 Å². The summed E-state index contributed by atoms with van der Waals surface area (Å²) in [6.45, 7) is 4.30. The fraction of sp³-hybridized carbons (Fsp3) is 0.222. The molecule has 3 aromatic rings. The molecule has 0 saturated carbocycles. The zero-order valence-corrected chi connectivity index (χ0v) is 13.2. The van der Waals surface area contributed by atoms with Crippen molar-refractivity contribution < 1.29 is 0 Å². The van der Waals surface area contributed by atoms with Crippen molar-refractivity contribution in [2.75, 3.05) is 0 Å². The molecule has 3 heteroatoms. The Morgan fingerprint density at radius 2 is 1.86 bits per heavy atom. The molecule has 1 heterocycles. The minimum atomic E-state index is 0.157. The second-order valence-corrected chi connectivity index (χ2v) is 6.64. The summed E-state index contributed by atoms with van der Waals surface area (Å²) in [4.78, 5) is 1.29. The number of hydrazine groups is 1. The topological polar surface area (TPSA) is 38.0 Å². The molecule has 0 spiro atoms. The summed E-state index contributed by atoms with van der Waals surface area (Å²) < 4.78 is 1.31. The molecule has 0 bridgehead atoms. The highest BCUT2D eigenvalue weighted by Gasteiger charge is 2.14. The molecule has 3 rings (SSSR count). The van der Waals surface area contributed by atoms with Crippen molar-refractivity contribution in [3.05, 3.63) is 70.1 Å². The van der Waals surface area contributed by atoms with Crippen LogP contribution in [0.3, 0.4) is 0 Å². The highest BCUT2D eigenvalue weighted by atomic mass is 32.1. The van der Waals surface area contributed by atoms with Gasteiger partial charge in [-0.25, -0.2) is 0 Å². The molecule has 0 amide bonds. The van der Waals surface area contributed by atoms with Crippen LogP contribution in [0.15, 0.2) is 48.5 Å². The Balaban J connectivity index is 1.88. The number of nitrogens with one attached hydrogen (secondary N) is 1. The third-order valence-corrected chi connectivity index (χ3v) is 5.23. The van der Waals surface area contributed by atoms with Gasteiger partial charge in [0.15, 0.2) is 0 Å². The number of hydrogen-bond acceptors (Lipinski definition) is 3. The van der Waals surface area contributed by atoms with Crippen LogP contribution in [0, 0.1) is 13.8 Å². The summed E-state index contributed by atoms with van der Waals surface area (Å²) in [6.07, 6.45) is 0.907. The Labute approximate surface area is 129 Å². The molecule has 2 nitrogen and oxygen atoms in total. The lowest BCUT2D eigenvalue weighted by Crippen LogP contribution is -2.28. The van der Waals surface area contributed by atoms with E-state index >= 15 is 0 Å². The fourth-order valence-electron chi connectivity index (χ4n) is 2.58. The Hall–Kier alpha value is -1.68. The molecule has 21 heavy (non-hydrogen) atoms. The van der Waals surface area contributed by atoms with Gasteiger partial charge in [-0.15, -0.1) is 11.3 Å². The number of fused-ring (bicyclic) bond motifs is 1. The normalized spacial score (nSPS) is 12.7. The summed E-state index contributed by atoms with van der Waals surface area (Å²) in [5, 5.41) is 1.29. The van der Waals surface area contributed by atoms with E-state index in [9.17, 15) is 0 Å². The number of thiophene rings is 1. The van der Waals surface area contributed by atoms with E-state index in [1.165, 1.54) is 31.7 Å². The van der Waals surface area contributed by atoms with Crippen LogP contribution in [0.25, 0.3) is 10.1 Å². The van der Waals surface area contributed by atoms with E-state index in [2.05, 4.69) is 67.8 Å². The van der Waals surface area contributed by atoms with Crippen LogP contribution >= 0.6 is 11.3 Å². The van der Waals surface area contributed by atoms with Gasteiger partial charge in [0.25, 0.3) is 0 Å². The quantitative estimate of drug-likeness (QED) is 0.557. The van der Waals surface area contributed by atoms with Crippen molar-refractivity contribution in [3.8, 4) is 0 Å². The minimum absolute atomic E-state index is 0.157. The molecular weight excluding hydrogens is 276 g/mol. The predicted octanol–water partition coefficient (Wildman–Crippen LogP) is 4.27. The van der Waals surface area contributed by atoms with Crippen LogP contribution in [0.5, 0.6) is 0 Å². The van der Waals surface area contributed by atoms with Crippen molar-refractivity contribution >= 4 is 21.4 Å². The maximum atomic E-state index is 5.80. The maximum absolute atomic E-state index is 5.80. The van der Waals surface area contributed by atoms with Gasteiger partial charge in [-0.05, 0) is 54.5 Å². The summed E-state index contributed by atoms with van der Waals surface area (Å²) in [5.41, 5.74) is 6.95.